The summed E-state index contributed by atoms with van der Waals surface area (Å²) in [6.45, 7) is 3.77. The highest BCUT2D eigenvalue weighted by Gasteiger charge is 1.99. The lowest BCUT2D eigenvalue weighted by molar-refractivity contribution is 0.313. The molecule has 0 saturated carbocycles. The van der Waals surface area contributed by atoms with Gasteiger partial charge in [0.05, 0.1) is 6.61 Å². The lowest BCUT2D eigenvalue weighted by Crippen LogP contribution is -2.07. The van der Waals surface area contributed by atoms with Crippen LogP contribution in [0.25, 0.3) is 0 Å². The minimum atomic E-state index is 0.792. The van der Waals surface area contributed by atoms with Crippen molar-refractivity contribution in [3.05, 3.63) is 29.8 Å². The molecule has 0 aromatic heterocycles. The summed E-state index contributed by atoms with van der Waals surface area (Å²) >= 11 is 0. The summed E-state index contributed by atoms with van der Waals surface area (Å²) in [6, 6.07) is 8.14. The van der Waals surface area contributed by atoms with Gasteiger partial charge >= 0.3 is 0 Å². The first kappa shape index (κ1) is 10.1. The summed E-state index contributed by atoms with van der Waals surface area (Å²) in [4.78, 5) is 0. The first-order valence-electron chi connectivity index (χ1n) is 4.73. The normalized spacial score (nSPS) is 10.0. The fourth-order valence-electron chi connectivity index (χ4n) is 1.19. The van der Waals surface area contributed by atoms with E-state index in [1.807, 2.05) is 25.2 Å². The maximum absolute atomic E-state index is 5.60. The second-order valence-corrected chi connectivity index (χ2v) is 2.99. The Hall–Kier alpha value is -1.02. The highest BCUT2D eigenvalue weighted by atomic mass is 16.5. The maximum atomic E-state index is 5.60. The molecule has 0 saturated heterocycles. The van der Waals surface area contributed by atoms with E-state index in [2.05, 4.69) is 18.3 Å². The van der Waals surface area contributed by atoms with E-state index in [1.165, 1.54) is 5.56 Å². The zero-order valence-electron chi connectivity index (χ0n) is 8.34. The molecule has 1 rings (SSSR count). The van der Waals surface area contributed by atoms with Crippen molar-refractivity contribution >= 4 is 0 Å². The third-order valence-electron chi connectivity index (χ3n) is 1.80. The number of hydrogen-bond donors (Lipinski definition) is 1. The van der Waals surface area contributed by atoms with Crippen LogP contribution in [0.3, 0.4) is 0 Å². The van der Waals surface area contributed by atoms with Crippen molar-refractivity contribution in [2.75, 3.05) is 13.7 Å². The number of ether oxygens (including phenoxy) is 1. The molecule has 0 amide bonds. The number of nitrogens with one attached hydrogen (secondary N) is 1. The monoisotopic (exact) mass is 179 g/mol. The average Bonchev–Trinajstić information content (AvgIpc) is 2.17. The molecule has 0 aliphatic rings. The molecule has 1 aromatic rings. The van der Waals surface area contributed by atoms with Crippen LogP contribution in [0.2, 0.25) is 0 Å². The SMILES string of the molecule is CCCOc1ccccc1CNC. The molecule has 0 aliphatic carbocycles. The smallest absolute Gasteiger partial charge is 0.123 e. The van der Waals surface area contributed by atoms with E-state index in [-0.39, 0.29) is 0 Å². The van der Waals surface area contributed by atoms with Gasteiger partial charge in [-0.2, -0.15) is 0 Å². The molecule has 1 N–H and O–H groups in total. The molecule has 0 bridgehead atoms. The highest BCUT2D eigenvalue weighted by molar-refractivity contribution is 5.33. The van der Waals surface area contributed by atoms with E-state index in [4.69, 9.17) is 4.74 Å². The van der Waals surface area contributed by atoms with Crippen LogP contribution in [0.15, 0.2) is 24.3 Å². The van der Waals surface area contributed by atoms with Crippen molar-refractivity contribution in [1.29, 1.82) is 0 Å². The molecule has 0 heterocycles. The molecule has 0 fully saturated rings. The van der Waals surface area contributed by atoms with Gasteiger partial charge in [0.2, 0.25) is 0 Å². The topological polar surface area (TPSA) is 21.3 Å². The van der Waals surface area contributed by atoms with Crippen LogP contribution in [0.4, 0.5) is 0 Å². The lowest BCUT2D eigenvalue weighted by atomic mass is 10.2. The number of rotatable bonds is 5. The van der Waals surface area contributed by atoms with Crippen LogP contribution < -0.4 is 10.1 Å². The predicted molar refractivity (Wildman–Crippen MR) is 55.0 cm³/mol. The summed E-state index contributed by atoms with van der Waals surface area (Å²) in [7, 11) is 1.94. The van der Waals surface area contributed by atoms with Crippen molar-refractivity contribution in [2.45, 2.75) is 19.9 Å². The molecular formula is C11H17NO. The molecule has 72 valence electrons. The molecule has 2 heteroatoms. The fraction of sp³-hybridized carbons (Fsp3) is 0.455. The number of para-hydroxylation sites is 1. The van der Waals surface area contributed by atoms with Gasteiger partial charge in [-0.25, -0.2) is 0 Å². The first-order valence-corrected chi connectivity index (χ1v) is 4.73. The van der Waals surface area contributed by atoms with Crippen molar-refractivity contribution in [1.82, 2.24) is 5.32 Å². The Bertz CT molecular complexity index is 248. The average molecular weight is 179 g/mol. The Morgan fingerprint density at radius 3 is 2.77 bits per heavy atom. The number of benzene rings is 1. The van der Waals surface area contributed by atoms with Gasteiger partial charge in [-0.05, 0) is 19.5 Å². The Kier molecular flexibility index (Phi) is 4.33. The maximum Gasteiger partial charge on any atom is 0.123 e. The van der Waals surface area contributed by atoms with Gasteiger partial charge in [0.25, 0.3) is 0 Å². The quantitative estimate of drug-likeness (QED) is 0.748. The van der Waals surface area contributed by atoms with Gasteiger partial charge < -0.3 is 10.1 Å². The molecule has 0 atom stereocenters. The largest absolute Gasteiger partial charge is 0.493 e. The third-order valence-corrected chi connectivity index (χ3v) is 1.80. The second-order valence-electron chi connectivity index (χ2n) is 2.99. The van der Waals surface area contributed by atoms with Crippen molar-refractivity contribution in [2.24, 2.45) is 0 Å². The van der Waals surface area contributed by atoms with Crippen molar-refractivity contribution in [3.63, 3.8) is 0 Å². The van der Waals surface area contributed by atoms with Crippen molar-refractivity contribution in [3.8, 4) is 5.75 Å². The molecular weight excluding hydrogens is 162 g/mol. The Morgan fingerprint density at radius 1 is 1.31 bits per heavy atom. The third kappa shape index (κ3) is 3.07. The van der Waals surface area contributed by atoms with Crippen LogP contribution in [0.1, 0.15) is 18.9 Å². The van der Waals surface area contributed by atoms with Crippen LogP contribution in [-0.4, -0.2) is 13.7 Å². The Labute approximate surface area is 79.9 Å². The zero-order chi connectivity index (χ0) is 9.52. The first-order chi connectivity index (χ1) is 6.38. The molecule has 1 aromatic carbocycles. The summed E-state index contributed by atoms with van der Waals surface area (Å²) in [6.07, 6.45) is 1.05. The van der Waals surface area contributed by atoms with Crippen LogP contribution >= 0.6 is 0 Å². The van der Waals surface area contributed by atoms with Crippen LogP contribution in [-0.2, 0) is 6.54 Å². The van der Waals surface area contributed by atoms with E-state index in [9.17, 15) is 0 Å². The molecule has 13 heavy (non-hydrogen) atoms. The van der Waals surface area contributed by atoms with Crippen molar-refractivity contribution < 1.29 is 4.74 Å². The minimum absolute atomic E-state index is 0.792. The molecule has 0 aliphatic heterocycles. The van der Waals surface area contributed by atoms with E-state index >= 15 is 0 Å². The summed E-state index contributed by atoms with van der Waals surface area (Å²) in [5.41, 5.74) is 1.22. The predicted octanol–water partition coefficient (Wildman–Crippen LogP) is 2.19. The highest BCUT2D eigenvalue weighted by Crippen LogP contribution is 2.17. The molecule has 0 unspecified atom stereocenters. The summed E-state index contributed by atoms with van der Waals surface area (Å²) < 4.78 is 5.60. The standard InChI is InChI=1S/C11H17NO/c1-3-8-13-11-7-5-4-6-10(11)9-12-2/h4-7,12H,3,8-9H2,1-2H3. The fourth-order valence-corrected chi connectivity index (χ4v) is 1.19. The lowest BCUT2D eigenvalue weighted by Gasteiger charge is -2.09. The molecule has 2 nitrogen and oxygen atoms in total. The number of hydrogen-bond acceptors (Lipinski definition) is 2. The molecule has 0 spiro atoms. The van der Waals surface area contributed by atoms with Gasteiger partial charge in [0.15, 0.2) is 0 Å². The van der Waals surface area contributed by atoms with Gasteiger partial charge in [-0.1, -0.05) is 25.1 Å². The van der Waals surface area contributed by atoms with Crippen LogP contribution in [0.5, 0.6) is 5.75 Å². The van der Waals surface area contributed by atoms with Gasteiger partial charge in [-0.15, -0.1) is 0 Å². The van der Waals surface area contributed by atoms with E-state index < -0.39 is 0 Å². The van der Waals surface area contributed by atoms with Crippen LogP contribution in [0, 0.1) is 0 Å². The Morgan fingerprint density at radius 2 is 2.08 bits per heavy atom. The minimum Gasteiger partial charge on any atom is -0.493 e. The molecule has 0 radical (unpaired) electrons. The summed E-state index contributed by atoms with van der Waals surface area (Å²) in [5, 5.41) is 3.12. The zero-order valence-corrected chi connectivity index (χ0v) is 8.34. The summed E-state index contributed by atoms with van der Waals surface area (Å²) in [5.74, 6) is 0.999. The van der Waals surface area contributed by atoms with Gasteiger partial charge in [0.1, 0.15) is 5.75 Å². The van der Waals surface area contributed by atoms with E-state index in [0.717, 1.165) is 25.3 Å². The Balaban J connectivity index is 2.66. The van der Waals surface area contributed by atoms with E-state index in [1.54, 1.807) is 0 Å². The second kappa shape index (κ2) is 5.60. The van der Waals surface area contributed by atoms with Gasteiger partial charge in [0, 0.05) is 12.1 Å². The van der Waals surface area contributed by atoms with E-state index in [0.29, 0.717) is 0 Å². The van der Waals surface area contributed by atoms with Gasteiger partial charge in [-0.3, -0.25) is 0 Å².